The lowest BCUT2D eigenvalue weighted by molar-refractivity contribution is -0.137. The third kappa shape index (κ3) is 4.13. The van der Waals surface area contributed by atoms with Crippen molar-refractivity contribution in [1.82, 2.24) is 4.90 Å². The van der Waals surface area contributed by atoms with E-state index in [4.69, 9.17) is 9.47 Å². The average Bonchev–Trinajstić information content (AvgIpc) is 2.54. The second kappa shape index (κ2) is 7.91. The molecule has 1 unspecified atom stereocenters. The first-order valence-corrected chi connectivity index (χ1v) is 7.90. The Hall–Kier alpha value is -1.71. The lowest BCUT2D eigenvalue weighted by Gasteiger charge is -2.35. The Bertz CT molecular complexity index is 461. The number of benzene rings is 1. The van der Waals surface area contributed by atoms with Crippen LogP contribution in [-0.2, 0) is 4.79 Å². The molecule has 1 heterocycles. The van der Waals surface area contributed by atoms with Gasteiger partial charge < -0.3 is 14.4 Å². The highest BCUT2D eigenvalue weighted by Crippen LogP contribution is 2.26. The Morgan fingerprint density at radius 3 is 2.57 bits per heavy atom. The minimum absolute atomic E-state index is 0.0767. The second-order valence-electron chi connectivity index (χ2n) is 5.31. The molecule has 1 fully saturated rings. The summed E-state index contributed by atoms with van der Waals surface area (Å²) in [4.78, 5) is 14.3. The van der Waals surface area contributed by atoms with Gasteiger partial charge in [-0.15, -0.1) is 0 Å². The van der Waals surface area contributed by atoms with E-state index in [9.17, 15) is 4.79 Å². The zero-order valence-electron chi connectivity index (χ0n) is 13.0. The summed E-state index contributed by atoms with van der Waals surface area (Å²) in [6, 6.07) is 7.86. The SMILES string of the molecule is CCOc1ccccc1OCC(=O)N1CCCCC1CC. The quantitative estimate of drug-likeness (QED) is 0.807. The molecule has 0 N–H and O–H groups in total. The largest absolute Gasteiger partial charge is 0.490 e. The van der Waals surface area contributed by atoms with Crippen molar-refractivity contribution in [2.24, 2.45) is 0 Å². The van der Waals surface area contributed by atoms with Gasteiger partial charge in [0.1, 0.15) is 0 Å². The van der Waals surface area contributed by atoms with Gasteiger partial charge in [0.2, 0.25) is 0 Å². The normalized spacial score (nSPS) is 18.4. The van der Waals surface area contributed by atoms with Crippen LogP contribution in [0.2, 0.25) is 0 Å². The molecule has 1 aromatic carbocycles. The van der Waals surface area contributed by atoms with Crippen LogP contribution in [0.15, 0.2) is 24.3 Å². The summed E-state index contributed by atoms with van der Waals surface area (Å²) in [5, 5.41) is 0. The zero-order chi connectivity index (χ0) is 15.1. The van der Waals surface area contributed by atoms with E-state index in [0.29, 0.717) is 24.1 Å². The summed E-state index contributed by atoms with van der Waals surface area (Å²) in [6.07, 6.45) is 4.44. The number of likely N-dealkylation sites (tertiary alicyclic amines) is 1. The van der Waals surface area contributed by atoms with Crippen LogP contribution in [0.3, 0.4) is 0 Å². The summed E-state index contributed by atoms with van der Waals surface area (Å²) in [7, 11) is 0. The topological polar surface area (TPSA) is 38.8 Å². The number of carbonyl (C=O) groups is 1. The number of ether oxygens (including phenoxy) is 2. The van der Waals surface area contributed by atoms with Gasteiger partial charge >= 0.3 is 0 Å². The molecule has 1 saturated heterocycles. The van der Waals surface area contributed by atoms with E-state index in [1.807, 2.05) is 36.1 Å². The molecule has 1 amide bonds. The molecular weight excluding hydrogens is 266 g/mol. The first-order valence-electron chi connectivity index (χ1n) is 7.90. The minimum Gasteiger partial charge on any atom is -0.490 e. The van der Waals surface area contributed by atoms with E-state index in [1.54, 1.807) is 0 Å². The van der Waals surface area contributed by atoms with Crippen LogP contribution < -0.4 is 9.47 Å². The van der Waals surface area contributed by atoms with Gasteiger partial charge in [-0.05, 0) is 44.7 Å². The van der Waals surface area contributed by atoms with Crippen molar-refractivity contribution in [2.45, 2.75) is 45.6 Å². The van der Waals surface area contributed by atoms with Gasteiger partial charge in [0.25, 0.3) is 5.91 Å². The highest BCUT2D eigenvalue weighted by atomic mass is 16.5. The van der Waals surface area contributed by atoms with E-state index in [-0.39, 0.29) is 12.5 Å². The summed E-state index contributed by atoms with van der Waals surface area (Å²) in [5.41, 5.74) is 0. The zero-order valence-corrected chi connectivity index (χ0v) is 13.0. The molecule has 116 valence electrons. The molecule has 1 atom stereocenters. The molecule has 0 spiro atoms. The van der Waals surface area contributed by atoms with Crippen molar-refractivity contribution in [3.8, 4) is 11.5 Å². The maximum absolute atomic E-state index is 12.4. The van der Waals surface area contributed by atoms with Crippen LogP contribution in [0.25, 0.3) is 0 Å². The van der Waals surface area contributed by atoms with Crippen LogP contribution in [0, 0.1) is 0 Å². The lowest BCUT2D eigenvalue weighted by Crippen LogP contribution is -2.45. The third-order valence-corrected chi connectivity index (χ3v) is 3.92. The van der Waals surface area contributed by atoms with Gasteiger partial charge in [-0.2, -0.15) is 0 Å². The van der Waals surface area contributed by atoms with E-state index in [0.717, 1.165) is 25.8 Å². The molecule has 0 saturated carbocycles. The number of amides is 1. The van der Waals surface area contributed by atoms with Gasteiger partial charge in [-0.25, -0.2) is 0 Å². The molecule has 0 aromatic heterocycles. The van der Waals surface area contributed by atoms with Crippen LogP contribution in [-0.4, -0.2) is 36.6 Å². The molecule has 0 bridgehead atoms. The number of carbonyl (C=O) groups excluding carboxylic acids is 1. The fourth-order valence-corrected chi connectivity index (χ4v) is 2.82. The maximum Gasteiger partial charge on any atom is 0.260 e. The number of rotatable bonds is 6. The minimum atomic E-state index is 0.0767. The summed E-state index contributed by atoms with van der Waals surface area (Å²) >= 11 is 0. The number of piperidine rings is 1. The van der Waals surface area contributed by atoms with Gasteiger partial charge in [-0.1, -0.05) is 19.1 Å². The molecule has 1 aliphatic rings. The van der Waals surface area contributed by atoms with Crippen LogP contribution in [0.1, 0.15) is 39.5 Å². The monoisotopic (exact) mass is 291 g/mol. The molecule has 21 heavy (non-hydrogen) atoms. The summed E-state index contributed by atoms with van der Waals surface area (Å²) in [5.74, 6) is 1.41. The standard InChI is InChI=1S/C17H25NO3/c1-3-14-9-7-8-12-18(14)17(19)13-21-16-11-6-5-10-15(16)20-4-2/h5-6,10-11,14H,3-4,7-9,12-13H2,1-2H3. The van der Waals surface area contributed by atoms with Gasteiger partial charge in [-0.3, -0.25) is 4.79 Å². The lowest BCUT2D eigenvalue weighted by atomic mass is 10.00. The Labute approximate surface area is 127 Å². The Morgan fingerprint density at radius 2 is 1.90 bits per heavy atom. The summed E-state index contributed by atoms with van der Waals surface area (Å²) in [6.45, 7) is 5.59. The fourth-order valence-electron chi connectivity index (χ4n) is 2.82. The maximum atomic E-state index is 12.4. The predicted molar refractivity (Wildman–Crippen MR) is 82.7 cm³/mol. The number of para-hydroxylation sites is 2. The van der Waals surface area contributed by atoms with Crippen LogP contribution in [0.5, 0.6) is 11.5 Å². The van der Waals surface area contributed by atoms with E-state index < -0.39 is 0 Å². The number of nitrogens with zero attached hydrogens (tertiary/aromatic N) is 1. The average molecular weight is 291 g/mol. The molecular formula is C17H25NO3. The Morgan fingerprint density at radius 1 is 1.19 bits per heavy atom. The van der Waals surface area contributed by atoms with Crippen molar-refractivity contribution < 1.29 is 14.3 Å². The first kappa shape index (κ1) is 15.7. The molecule has 4 nitrogen and oxygen atoms in total. The predicted octanol–water partition coefficient (Wildman–Crippen LogP) is 3.26. The molecule has 2 rings (SSSR count). The molecule has 0 radical (unpaired) electrons. The van der Waals surface area contributed by atoms with Crippen molar-refractivity contribution in [3.05, 3.63) is 24.3 Å². The third-order valence-electron chi connectivity index (χ3n) is 3.92. The fraction of sp³-hybridized carbons (Fsp3) is 0.588. The smallest absolute Gasteiger partial charge is 0.260 e. The van der Waals surface area contributed by atoms with Crippen molar-refractivity contribution in [2.75, 3.05) is 19.8 Å². The van der Waals surface area contributed by atoms with Crippen molar-refractivity contribution in [1.29, 1.82) is 0 Å². The van der Waals surface area contributed by atoms with Crippen molar-refractivity contribution in [3.63, 3.8) is 0 Å². The van der Waals surface area contributed by atoms with Gasteiger partial charge in [0.05, 0.1) is 6.61 Å². The van der Waals surface area contributed by atoms with E-state index in [2.05, 4.69) is 6.92 Å². The second-order valence-corrected chi connectivity index (χ2v) is 5.31. The van der Waals surface area contributed by atoms with Gasteiger partial charge in [0.15, 0.2) is 18.1 Å². The highest BCUT2D eigenvalue weighted by Gasteiger charge is 2.25. The Balaban J connectivity index is 1.94. The van der Waals surface area contributed by atoms with Crippen LogP contribution in [0.4, 0.5) is 0 Å². The number of hydrogen-bond acceptors (Lipinski definition) is 3. The molecule has 1 aromatic rings. The highest BCUT2D eigenvalue weighted by molar-refractivity contribution is 5.78. The molecule has 4 heteroatoms. The molecule has 0 aliphatic carbocycles. The van der Waals surface area contributed by atoms with Crippen LogP contribution >= 0.6 is 0 Å². The number of hydrogen-bond donors (Lipinski definition) is 0. The van der Waals surface area contributed by atoms with Crippen molar-refractivity contribution >= 4 is 5.91 Å². The van der Waals surface area contributed by atoms with Gasteiger partial charge in [0, 0.05) is 12.6 Å². The first-order chi connectivity index (χ1) is 10.3. The van der Waals surface area contributed by atoms with E-state index >= 15 is 0 Å². The van der Waals surface area contributed by atoms with E-state index in [1.165, 1.54) is 6.42 Å². The summed E-state index contributed by atoms with van der Waals surface area (Å²) < 4.78 is 11.2. The molecule has 1 aliphatic heterocycles. The Kier molecular flexibility index (Phi) is 5.90.